The van der Waals surface area contributed by atoms with Gasteiger partial charge in [-0.05, 0) is 12.8 Å². The fourth-order valence-corrected chi connectivity index (χ4v) is 12.1. The molecule has 18 unspecified atom stereocenters. The molecule has 23 heteroatoms. The molecule has 0 aromatic carbocycles. The van der Waals surface area contributed by atoms with E-state index in [0.717, 1.165) is 51.9 Å². The van der Waals surface area contributed by atoms with Crippen LogP contribution in [0.3, 0.4) is 0 Å². The summed E-state index contributed by atoms with van der Waals surface area (Å²) in [6.07, 6.45) is 11.0. The predicted molar refractivity (Wildman–Crippen MR) is 325 cm³/mol. The average Bonchev–Trinajstić information content (AvgIpc) is 1.21. The Morgan fingerprint density at radius 3 is 1.44 bits per heavy atom. The van der Waals surface area contributed by atoms with Gasteiger partial charge in [-0.1, -0.05) is 219 Å². The van der Waals surface area contributed by atoms with Crippen LogP contribution in [0.1, 0.15) is 252 Å². The third kappa shape index (κ3) is 29.1. The van der Waals surface area contributed by atoms with Crippen LogP contribution in [0.5, 0.6) is 0 Å². The van der Waals surface area contributed by atoms with E-state index in [-0.39, 0.29) is 18.9 Å². The van der Waals surface area contributed by atoms with Crippen LogP contribution in [0.25, 0.3) is 0 Å². The number of carbonyl (C=O) groups excluding carboxylic acids is 2. The van der Waals surface area contributed by atoms with Gasteiger partial charge in [0.05, 0.1) is 50.7 Å². The summed E-state index contributed by atoms with van der Waals surface area (Å²) in [5.74, 6) is -6.09. The highest BCUT2D eigenvalue weighted by atomic mass is 16.8. The van der Waals surface area contributed by atoms with Crippen molar-refractivity contribution in [2.75, 3.05) is 26.4 Å². The number of amides is 2. The van der Waals surface area contributed by atoms with E-state index >= 15 is 0 Å². The van der Waals surface area contributed by atoms with Crippen LogP contribution in [0.15, 0.2) is 0 Å². The molecule has 14 N–H and O–H groups in total. The summed E-state index contributed by atoms with van der Waals surface area (Å²) in [7, 11) is 0. The Hall–Kier alpha value is -2.27. The molecule has 2 amide bonds. The molecular weight excluding hydrogens is 1130 g/mol. The van der Waals surface area contributed by atoms with Crippen LogP contribution in [0, 0.1) is 0 Å². The van der Waals surface area contributed by atoms with Crippen molar-refractivity contribution in [2.45, 2.75) is 362 Å². The van der Waals surface area contributed by atoms with Crippen molar-refractivity contribution in [3.8, 4) is 0 Å². The minimum atomic E-state index is -3.08. The molecule has 3 aliphatic rings. The number of carboxylic acid groups (broad SMARTS) is 1. The van der Waals surface area contributed by atoms with E-state index < -0.39 is 148 Å². The number of unbranched alkanes of at least 4 members (excludes halogenated alkanes) is 31. The van der Waals surface area contributed by atoms with Crippen molar-refractivity contribution in [1.29, 1.82) is 0 Å². The predicted octanol–water partition coefficient (Wildman–Crippen LogP) is 5.34. The van der Waals surface area contributed by atoms with Crippen LogP contribution in [0.4, 0.5) is 0 Å². The van der Waals surface area contributed by atoms with Crippen molar-refractivity contribution < 1.29 is 104 Å². The van der Waals surface area contributed by atoms with Crippen molar-refractivity contribution in [1.82, 2.24) is 10.6 Å². The number of rotatable bonds is 51. The van der Waals surface area contributed by atoms with Gasteiger partial charge >= 0.3 is 5.97 Å². The summed E-state index contributed by atoms with van der Waals surface area (Å²) in [6.45, 7) is 2.21. The second kappa shape index (κ2) is 45.9. The molecule has 0 aromatic heterocycles. The zero-order valence-corrected chi connectivity index (χ0v) is 53.1. The molecule has 0 bridgehead atoms. The van der Waals surface area contributed by atoms with Crippen molar-refractivity contribution in [3.05, 3.63) is 0 Å². The first-order valence-electron chi connectivity index (χ1n) is 33.9. The van der Waals surface area contributed by atoms with E-state index in [0.29, 0.717) is 19.3 Å². The highest BCUT2D eigenvalue weighted by Gasteiger charge is 2.60. The maximum absolute atomic E-state index is 13.4. The highest BCUT2D eigenvalue weighted by Crippen LogP contribution is 2.39. The smallest absolute Gasteiger partial charge is 0.364 e. The van der Waals surface area contributed by atoms with Crippen LogP contribution in [-0.2, 0) is 42.8 Å². The van der Waals surface area contributed by atoms with E-state index in [1.165, 1.54) is 154 Å². The zero-order chi connectivity index (χ0) is 64.0. The Morgan fingerprint density at radius 1 is 0.552 bits per heavy atom. The molecule has 3 aliphatic heterocycles. The Morgan fingerprint density at radius 2 is 1.00 bits per heavy atom. The van der Waals surface area contributed by atoms with Gasteiger partial charge in [0.25, 0.3) is 5.79 Å². The fourth-order valence-electron chi connectivity index (χ4n) is 12.1. The summed E-state index contributed by atoms with van der Waals surface area (Å²) in [5.41, 5.74) is 0. The van der Waals surface area contributed by atoms with Crippen LogP contribution < -0.4 is 10.6 Å². The third-order valence-electron chi connectivity index (χ3n) is 17.6. The molecule has 3 saturated heterocycles. The van der Waals surface area contributed by atoms with E-state index in [4.69, 9.17) is 28.4 Å². The Bertz CT molecular complexity index is 1780. The lowest BCUT2D eigenvalue weighted by Crippen LogP contribution is -2.70. The molecule has 0 aliphatic carbocycles. The van der Waals surface area contributed by atoms with Gasteiger partial charge in [0.1, 0.15) is 67.1 Å². The summed E-state index contributed by atoms with van der Waals surface area (Å²) >= 11 is 0. The number of aliphatic carboxylic acids is 1. The number of ether oxygens (including phenoxy) is 6. The number of nitrogens with one attached hydrogen (secondary N) is 2. The molecule has 3 rings (SSSR count). The lowest BCUT2D eigenvalue weighted by atomic mass is 9.88. The van der Waals surface area contributed by atoms with Crippen LogP contribution >= 0.6 is 0 Å². The first-order valence-corrected chi connectivity index (χ1v) is 33.9. The van der Waals surface area contributed by atoms with Crippen molar-refractivity contribution >= 4 is 17.8 Å². The number of carbonyl (C=O) groups is 3. The number of carboxylic acids is 1. The molecule has 87 heavy (non-hydrogen) atoms. The van der Waals surface area contributed by atoms with Gasteiger partial charge in [-0.3, -0.25) is 9.59 Å². The largest absolute Gasteiger partial charge is 0.477 e. The van der Waals surface area contributed by atoms with E-state index in [1.54, 1.807) is 0 Å². The van der Waals surface area contributed by atoms with Crippen LogP contribution in [0.2, 0.25) is 0 Å². The number of hydrogen-bond donors (Lipinski definition) is 14. The standard InChI is InChI=1S/C64H120N2O21/c1-4-6-8-10-12-14-16-18-20-22-23-25-27-29-31-33-35-37-46(71)45(66-51(74)38-36-34-32-30-28-26-24-21-19-17-15-13-11-9-7-5-2)43-82-61-56(78)55(77)58(50(42-69)84-61)85-62-57(79)60(54(76)49(41-68)83-62)87-64(63(80)81)39-47(72)52(65-44(3)70)59(86-64)53(75)48(73)40-67/h45-50,52-62,67-69,71-73,75-79H,4-43H2,1-3H3,(H,65,70)(H,66,74)(H,80,81). The molecule has 3 heterocycles. The average molecular weight is 1250 g/mol. The quantitative estimate of drug-likeness (QED) is 0.0342. The molecule has 0 aromatic rings. The van der Waals surface area contributed by atoms with Gasteiger partial charge in [-0.2, -0.15) is 0 Å². The van der Waals surface area contributed by atoms with Gasteiger partial charge in [0.15, 0.2) is 12.6 Å². The molecule has 3 fully saturated rings. The van der Waals surface area contributed by atoms with Gasteiger partial charge in [0.2, 0.25) is 11.8 Å². The normalized spacial score (nSPS) is 29.1. The third-order valence-corrected chi connectivity index (χ3v) is 17.6. The Kier molecular flexibility index (Phi) is 41.7. The zero-order valence-electron chi connectivity index (χ0n) is 53.1. The minimum Gasteiger partial charge on any atom is -0.477 e. The van der Waals surface area contributed by atoms with E-state index in [2.05, 4.69) is 24.5 Å². The summed E-state index contributed by atoms with van der Waals surface area (Å²) in [4.78, 5) is 38.5. The van der Waals surface area contributed by atoms with Crippen LogP contribution in [-0.4, -0.2) is 215 Å². The Balaban J connectivity index is 1.61. The number of aliphatic hydroxyl groups excluding tert-OH is 11. The molecule has 0 spiro atoms. The van der Waals surface area contributed by atoms with Crippen molar-refractivity contribution in [2.24, 2.45) is 0 Å². The second-order valence-electron chi connectivity index (χ2n) is 25.0. The SMILES string of the molecule is CCCCCCCCCCCCCCCCCCCC(O)C(COC1OC(CO)C(OC2OC(CO)C(O)C(OC3(C(=O)O)CC(O)C(NC(C)=O)C(C(O)C(O)CO)O3)C2O)C(O)C1O)NC(=O)CCCCCCCCCCCCCCCCCC. The van der Waals surface area contributed by atoms with E-state index in [9.17, 15) is 75.7 Å². The lowest BCUT2D eigenvalue weighted by Gasteiger charge is -2.50. The van der Waals surface area contributed by atoms with Crippen molar-refractivity contribution in [3.63, 3.8) is 0 Å². The fraction of sp³-hybridized carbons (Fsp3) is 0.953. The minimum absolute atomic E-state index is 0.229. The monoisotopic (exact) mass is 1250 g/mol. The molecule has 23 nitrogen and oxygen atoms in total. The molecule has 0 radical (unpaired) electrons. The molecule has 0 saturated carbocycles. The van der Waals surface area contributed by atoms with Gasteiger partial charge < -0.3 is 100 Å². The Labute approximate surface area is 519 Å². The molecular formula is C64H120N2O21. The molecule has 512 valence electrons. The van der Waals surface area contributed by atoms with Gasteiger partial charge in [-0.25, -0.2) is 4.79 Å². The van der Waals surface area contributed by atoms with Gasteiger partial charge in [0, 0.05) is 19.8 Å². The lowest BCUT2D eigenvalue weighted by molar-refractivity contribution is -0.386. The second-order valence-corrected chi connectivity index (χ2v) is 25.0. The topological polar surface area (TPSA) is 373 Å². The first-order chi connectivity index (χ1) is 41.9. The van der Waals surface area contributed by atoms with Gasteiger partial charge in [-0.15, -0.1) is 0 Å². The maximum atomic E-state index is 13.4. The highest BCUT2D eigenvalue weighted by molar-refractivity contribution is 5.77. The summed E-state index contributed by atoms with van der Waals surface area (Å²) in [6, 6.07) is -2.52. The van der Waals surface area contributed by atoms with E-state index in [1.807, 2.05) is 0 Å². The molecule has 18 atom stereocenters. The summed E-state index contributed by atoms with van der Waals surface area (Å²) < 4.78 is 34.8. The number of hydrogen-bond acceptors (Lipinski definition) is 20. The summed E-state index contributed by atoms with van der Waals surface area (Å²) in [5, 5.41) is 136. The number of aliphatic hydroxyl groups is 11. The first kappa shape index (κ1) is 79.0. The maximum Gasteiger partial charge on any atom is 0.364 e.